The summed E-state index contributed by atoms with van der Waals surface area (Å²) in [6, 6.07) is 6.26. The number of benzene rings is 5. The van der Waals surface area contributed by atoms with Crippen LogP contribution in [-0.2, 0) is 58.1 Å². The number of carbonyl (C=O) groups is 1. The predicted molar refractivity (Wildman–Crippen MR) is 236 cm³/mol. The molecule has 0 aliphatic heterocycles. The molecule has 0 amide bonds. The van der Waals surface area contributed by atoms with Gasteiger partial charge in [0, 0.05) is 17.7 Å². The number of hydrogen-bond donors (Lipinski definition) is 0. The van der Waals surface area contributed by atoms with Crippen molar-refractivity contribution in [3.8, 4) is 0 Å². The lowest BCUT2D eigenvalue weighted by molar-refractivity contribution is -0.690. The number of hydrogen-bond acceptors (Lipinski definition) is 1. The van der Waals surface area contributed by atoms with Gasteiger partial charge in [-0.25, -0.2) is 0 Å². The Kier molecular flexibility index (Phi) is 17.2. The zero-order valence-electron chi connectivity index (χ0n) is 36.5. The third-order valence-electron chi connectivity index (χ3n) is 11.1. The summed E-state index contributed by atoms with van der Waals surface area (Å²) in [6.07, 6.45) is -52.9. The van der Waals surface area contributed by atoms with E-state index in [1.807, 2.05) is 59.3 Å². The van der Waals surface area contributed by atoms with Crippen LogP contribution in [0.25, 0.3) is 0 Å². The van der Waals surface area contributed by atoms with E-state index in [4.69, 9.17) is 0 Å². The molecule has 0 unspecified atom stereocenters. The van der Waals surface area contributed by atoms with E-state index < -0.39 is 197 Å². The number of ketones is 1. The molecule has 5 aromatic carbocycles. The van der Waals surface area contributed by atoms with Crippen LogP contribution in [0.4, 0.5) is 105 Å². The molecule has 0 spiro atoms. The van der Waals surface area contributed by atoms with Crippen molar-refractivity contribution in [1.82, 2.24) is 0 Å². The molecule has 0 fully saturated rings. The van der Waals surface area contributed by atoms with Crippen molar-refractivity contribution < 1.29 is 115 Å². The van der Waals surface area contributed by atoms with E-state index in [1.165, 1.54) is 0 Å². The highest BCUT2D eigenvalue weighted by molar-refractivity contribution is 9.38. The minimum Gasteiger partial charge on any atom is -0.287 e. The van der Waals surface area contributed by atoms with E-state index in [0.29, 0.717) is 12.1 Å². The highest BCUT2D eigenvalue weighted by Gasteiger charge is 2.47. The van der Waals surface area contributed by atoms with Gasteiger partial charge in [0.25, 0.3) is 0 Å². The maximum atomic E-state index is 14.2. The van der Waals surface area contributed by atoms with Crippen molar-refractivity contribution in [3.63, 3.8) is 0 Å². The molecule has 0 saturated heterocycles. The summed E-state index contributed by atoms with van der Waals surface area (Å²) >= 11 is 10.5. The number of rotatable bonds is 7. The van der Waals surface area contributed by atoms with Crippen LogP contribution in [0.15, 0.2) is 128 Å². The van der Waals surface area contributed by atoms with Crippen molar-refractivity contribution in [2.75, 3.05) is 0 Å². The van der Waals surface area contributed by atoms with Gasteiger partial charge >= 0.3 is 49.4 Å². The first-order valence-electron chi connectivity index (χ1n) is 20.2. The first-order chi connectivity index (χ1) is 34.2. The number of Topliss-reactive ketones (excluding diaryl/α,β-unsaturated/α-hetero) is 1. The Morgan fingerprint density at radius 3 is 0.816 bits per heavy atom. The number of halogens is 27. The molecule has 1 aromatic heterocycles. The van der Waals surface area contributed by atoms with Crippen LogP contribution in [0, 0.1) is 0 Å². The summed E-state index contributed by atoms with van der Waals surface area (Å²) in [7, 11) is 0. The second-order valence-electron chi connectivity index (χ2n) is 16.2. The molecule has 6 aromatic rings. The van der Waals surface area contributed by atoms with Crippen molar-refractivity contribution in [3.05, 3.63) is 183 Å². The molecule has 0 aliphatic rings. The summed E-state index contributed by atoms with van der Waals surface area (Å²) in [5.41, 5.74) is -28.6. The van der Waals surface area contributed by atoms with Gasteiger partial charge in [0.15, 0.2) is 6.20 Å². The molecule has 0 saturated carbocycles. The van der Waals surface area contributed by atoms with Gasteiger partial charge in [-0.2, -0.15) is 132 Å². The number of nitrogens with zero attached hydrogens (tertiary/aromatic N) is 1. The predicted octanol–water partition coefficient (Wildman–Crippen LogP) is 15.4. The lowest BCUT2D eigenvalue weighted by Gasteiger charge is -2.46. The molecule has 1 heterocycles. The van der Waals surface area contributed by atoms with Crippen LogP contribution >= 0.6 is 47.8 Å². The SMILES string of the molecule is FC(F)(F)c1cc([B-](c2cc(C(F)(F)F)cc(C(F)(F)F)c2)(c2cc(C(F)(F)F)cc(C(F)(F)F)c2)c2cc(C(F)(F)F)cc(C(F)(F)F)c2)cc(C(F)(F)F)c1.O=C(C[n+]1ccccc1C(Br)(Br)Br)c1ccccc1. The quantitative estimate of drug-likeness (QED) is 0.0513. The zero-order chi connectivity index (χ0) is 57.8. The van der Waals surface area contributed by atoms with Gasteiger partial charge in [-0.05, 0) is 78.1 Å². The number of pyridine rings is 1. The van der Waals surface area contributed by atoms with Gasteiger partial charge in [-0.1, -0.05) is 78.9 Å². The molecule has 0 N–H and O–H groups in total. The van der Waals surface area contributed by atoms with Gasteiger partial charge < -0.3 is 0 Å². The Bertz CT molecular complexity index is 2640. The first kappa shape index (κ1) is 61.6. The van der Waals surface area contributed by atoms with Crippen LogP contribution in [-0.4, -0.2) is 11.9 Å². The average molecular weight is 1310 g/mol. The third kappa shape index (κ3) is 14.5. The Hall–Kier alpha value is -5.26. The Morgan fingerprint density at radius 2 is 0.592 bits per heavy atom. The highest BCUT2D eigenvalue weighted by Crippen LogP contribution is 2.44. The van der Waals surface area contributed by atoms with E-state index in [0.717, 1.165) is 5.69 Å². The minimum absolute atomic E-state index is 0.0785. The van der Waals surface area contributed by atoms with Gasteiger partial charge in [0.05, 0.1) is 44.5 Å². The third-order valence-corrected chi connectivity index (χ3v) is 12.3. The van der Waals surface area contributed by atoms with Crippen LogP contribution in [0.1, 0.15) is 60.6 Å². The second-order valence-corrected chi connectivity index (χ2v) is 23.0. The van der Waals surface area contributed by atoms with Gasteiger partial charge in [0.1, 0.15) is 6.15 Å². The summed E-state index contributed by atoms with van der Waals surface area (Å²) in [5, 5.41) is 0. The van der Waals surface area contributed by atoms with E-state index in [-0.39, 0.29) is 5.78 Å². The largest absolute Gasteiger partial charge is 0.416 e. The lowest BCUT2D eigenvalue weighted by atomic mass is 9.12. The van der Waals surface area contributed by atoms with Crippen LogP contribution < -0.4 is 26.4 Å². The average Bonchev–Trinajstić information content (AvgIpc) is 3.27. The van der Waals surface area contributed by atoms with Gasteiger partial charge in [-0.15, -0.1) is 0 Å². The summed E-state index contributed by atoms with van der Waals surface area (Å²) in [4.78, 5) is 12.2. The summed E-state index contributed by atoms with van der Waals surface area (Å²) < 4.78 is 342. The molecule has 0 atom stereocenters. The second kappa shape index (κ2) is 21.2. The number of aromatic nitrogens is 1. The summed E-state index contributed by atoms with van der Waals surface area (Å²) in [6.45, 7) is 0.296. The van der Waals surface area contributed by atoms with Gasteiger partial charge in [0.2, 0.25) is 20.2 Å². The van der Waals surface area contributed by atoms with E-state index >= 15 is 0 Å². The van der Waals surface area contributed by atoms with Crippen molar-refractivity contribution in [2.45, 2.75) is 58.1 Å². The Balaban J connectivity index is 0.000000468. The maximum absolute atomic E-state index is 14.2. The standard InChI is InChI=1S/C32H12BF24.C14H11Br3NO/c34-25(35,36)13-1-14(26(37,38)39)6-21(5-13)33(22-7-15(27(40,41)42)2-16(8-22)28(43,44)45,23-9-17(29(46,47)48)3-18(10-23)30(49,50)51)24-11-19(31(52,53)54)4-20(12-24)32(55,56)57;15-14(16,17)13-8-4-5-9-18(13)10-12(19)11-6-2-1-3-7-11/h1-12H;1-9H,10H2/q-1;+1. The first-order valence-corrected chi connectivity index (χ1v) is 22.6. The fourth-order valence-corrected chi connectivity index (χ4v) is 8.89. The molecular formula is C46H23BBr3F24NO. The van der Waals surface area contributed by atoms with Crippen LogP contribution in [0.3, 0.4) is 0 Å². The van der Waals surface area contributed by atoms with Crippen molar-refractivity contribution in [2.24, 2.45) is 0 Å². The molecular weight excluding hydrogens is 1290 g/mol. The Labute approximate surface area is 436 Å². The molecule has 0 aliphatic carbocycles. The molecule has 410 valence electrons. The molecule has 76 heavy (non-hydrogen) atoms. The number of carbonyl (C=O) groups excluding carboxylic acids is 1. The smallest absolute Gasteiger partial charge is 0.287 e. The van der Waals surface area contributed by atoms with Gasteiger partial charge in [-0.3, -0.25) is 4.79 Å². The molecule has 6 rings (SSSR count). The Morgan fingerprint density at radius 1 is 0.355 bits per heavy atom. The molecule has 30 heteroatoms. The summed E-state index contributed by atoms with van der Waals surface area (Å²) in [5.74, 6) is 0.0785. The fourth-order valence-electron chi connectivity index (χ4n) is 7.81. The van der Waals surface area contributed by atoms with Crippen LogP contribution in [0.2, 0.25) is 0 Å². The monoisotopic (exact) mass is 1310 g/mol. The highest BCUT2D eigenvalue weighted by atomic mass is 80.0. The molecule has 0 radical (unpaired) electrons. The van der Waals surface area contributed by atoms with Crippen molar-refractivity contribution in [1.29, 1.82) is 0 Å². The topological polar surface area (TPSA) is 20.9 Å². The molecule has 0 bridgehead atoms. The van der Waals surface area contributed by atoms with Crippen LogP contribution in [0.5, 0.6) is 0 Å². The van der Waals surface area contributed by atoms with Crippen molar-refractivity contribution >= 4 is 81.6 Å². The minimum atomic E-state index is -6.13. The molecule has 2 nitrogen and oxygen atoms in total. The van der Waals surface area contributed by atoms with E-state index in [1.54, 1.807) is 0 Å². The zero-order valence-corrected chi connectivity index (χ0v) is 41.2. The van der Waals surface area contributed by atoms with E-state index in [2.05, 4.69) is 47.8 Å². The fraction of sp³-hybridized carbons (Fsp3) is 0.217. The maximum Gasteiger partial charge on any atom is 0.416 e. The lowest BCUT2D eigenvalue weighted by Crippen LogP contribution is -2.75. The normalized spacial score (nSPS) is 13.6. The number of alkyl halides is 27. The van der Waals surface area contributed by atoms with E-state index in [9.17, 15) is 110 Å².